The van der Waals surface area contributed by atoms with Gasteiger partial charge in [-0.1, -0.05) is 47.7 Å². The smallest absolute Gasteiger partial charge is 0.333 e. The Bertz CT molecular complexity index is 1960. The van der Waals surface area contributed by atoms with E-state index in [1.807, 2.05) is 53.8 Å². The molecule has 0 atom stereocenters. The van der Waals surface area contributed by atoms with Gasteiger partial charge < -0.3 is 5.11 Å². The zero-order chi connectivity index (χ0) is 24.6. The Morgan fingerprint density at radius 2 is 1.60 bits per heavy atom. The van der Waals surface area contributed by atoms with Crippen LogP contribution in [0.1, 0.15) is 11.1 Å². The minimum absolute atomic E-state index is 0.0446. The zero-order valence-corrected chi connectivity index (χ0v) is 20.5. The van der Waals surface area contributed by atoms with E-state index in [1.54, 1.807) is 0 Å². The van der Waals surface area contributed by atoms with Crippen molar-refractivity contribution in [3.05, 3.63) is 86.6 Å². The van der Waals surface area contributed by atoms with E-state index in [9.17, 15) is 14.7 Å². The summed E-state index contributed by atoms with van der Waals surface area (Å²) in [4.78, 5) is 31.6. The van der Waals surface area contributed by atoms with Gasteiger partial charge in [-0.2, -0.15) is 0 Å². The molecule has 0 aliphatic carbocycles. The molecule has 0 amide bonds. The topological polar surface area (TPSA) is 81.5 Å². The van der Waals surface area contributed by atoms with Crippen LogP contribution in [0.4, 0.5) is 0 Å². The number of aromatic hydroxyl groups is 1. The molecule has 8 heteroatoms. The molecule has 0 fully saturated rings. The van der Waals surface area contributed by atoms with Crippen LogP contribution in [0.15, 0.2) is 64.2 Å². The Morgan fingerprint density at radius 3 is 2.37 bits per heavy atom. The third kappa shape index (κ3) is 2.99. The molecule has 7 nitrogen and oxygen atoms in total. The summed E-state index contributed by atoms with van der Waals surface area (Å²) < 4.78 is 5.06. The van der Waals surface area contributed by atoms with Crippen molar-refractivity contribution in [1.82, 2.24) is 18.5 Å². The van der Waals surface area contributed by atoms with Gasteiger partial charge >= 0.3 is 5.69 Å². The lowest BCUT2D eigenvalue weighted by atomic mass is 10.0. The first kappa shape index (κ1) is 21.4. The third-order valence-electron chi connectivity index (χ3n) is 6.76. The normalized spacial score (nSPS) is 11.8. The first-order chi connectivity index (χ1) is 16.8. The molecule has 6 aromatic rings. The average Bonchev–Trinajstić information content (AvgIpc) is 3.38. The van der Waals surface area contributed by atoms with Gasteiger partial charge in [-0.15, -0.1) is 0 Å². The van der Waals surface area contributed by atoms with E-state index in [4.69, 9.17) is 4.98 Å². The van der Waals surface area contributed by atoms with Crippen molar-refractivity contribution in [2.45, 2.75) is 13.8 Å². The maximum absolute atomic E-state index is 13.4. The van der Waals surface area contributed by atoms with Crippen molar-refractivity contribution in [2.24, 2.45) is 14.1 Å². The third-order valence-corrected chi connectivity index (χ3v) is 7.76. The van der Waals surface area contributed by atoms with E-state index in [-0.39, 0.29) is 11.4 Å². The lowest BCUT2D eigenvalue weighted by Gasteiger charge is -2.12. The van der Waals surface area contributed by atoms with Crippen molar-refractivity contribution in [3.8, 4) is 28.4 Å². The number of hydrogen-bond acceptors (Lipinski definition) is 5. The molecule has 0 bridgehead atoms. The lowest BCUT2D eigenvalue weighted by Crippen LogP contribution is -2.37. The molecular weight excluding hydrogens is 460 g/mol. The van der Waals surface area contributed by atoms with Gasteiger partial charge in [0.2, 0.25) is 5.88 Å². The Balaban J connectivity index is 1.81. The van der Waals surface area contributed by atoms with Gasteiger partial charge in [0.15, 0.2) is 4.96 Å². The highest BCUT2D eigenvalue weighted by Crippen LogP contribution is 2.40. The summed E-state index contributed by atoms with van der Waals surface area (Å²) in [5.74, 6) is -0.384. The first-order valence-electron chi connectivity index (χ1n) is 11.2. The van der Waals surface area contributed by atoms with E-state index in [1.165, 1.54) is 31.0 Å². The SMILES string of the molecule is Cc1cc2sc3nc(-c4ccc5ccccc5c4)c(-c4c(O)n(C)c(=O)n(C)c4=O)n3c2cc1C. The molecule has 0 saturated carbocycles. The molecule has 0 unspecified atom stereocenters. The minimum atomic E-state index is -0.592. The van der Waals surface area contributed by atoms with Crippen LogP contribution in [0.25, 0.3) is 48.5 Å². The van der Waals surface area contributed by atoms with Crippen LogP contribution in [0, 0.1) is 13.8 Å². The predicted octanol–water partition coefficient (Wildman–Crippen LogP) is 4.76. The molecule has 0 spiro atoms. The molecule has 174 valence electrons. The molecule has 0 radical (unpaired) electrons. The van der Waals surface area contributed by atoms with Crippen LogP contribution >= 0.6 is 11.3 Å². The lowest BCUT2D eigenvalue weighted by molar-refractivity contribution is 0.414. The highest BCUT2D eigenvalue weighted by Gasteiger charge is 2.27. The van der Waals surface area contributed by atoms with E-state index < -0.39 is 11.2 Å². The van der Waals surface area contributed by atoms with Crippen LogP contribution in [-0.2, 0) is 14.1 Å². The molecule has 3 aromatic carbocycles. The average molecular weight is 483 g/mol. The first-order valence-corrected chi connectivity index (χ1v) is 12.0. The van der Waals surface area contributed by atoms with Gasteiger partial charge in [-0.25, -0.2) is 9.78 Å². The Labute approximate surface area is 203 Å². The van der Waals surface area contributed by atoms with Crippen molar-refractivity contribution in [3.63, 3.8) is 0 Å². The van der Waals surface area contributed by atoms with Gasteiger partial charge in [0.25, 0.3) is 5.56 Å². The molecule has 6 rings (SSSR count). The second-order valence-electron chi connectivity index (χ2n) is 8.90. The van der Waals surface area contributed by atoms with Gasteiger partial charge in [-0.05, 0) is 53.9 Å². The summed E-state index contributed by atoms with van der Waals surface area (Å²) in [7, 11) is 2.87. The van der Waals surface area contributed by atoms with Crippen molar-refractivity contribution in [2.75, 3.05) is 0 Å². The molecule has 3 heterocycles. The van der Waals surface area contributed by atoms with Crippen LogP contribution in [-0.4, -0.2) is 23.6 Å². The number of aromatic nitrogens is 4. The minimum Gasteiger partial charge on any atom is -0.494 e. The quantitative estimate of drug-likeness (QED) is 0.386. The Hall–Kier alpha value is -4.17. The van der Waals surface area contributed by atoms with Crippen LogP contribution in [0.2, 0.25) is 0 Å². The van der Waals surface area contributed by atoms with E-state index in [0.29, 0.717) is 16.3 Å². The highest BCUT2D eigenvalue weighted by molar-refractivity contribution is 7.23. The fourth-order valence-corrected chi connectivity index (χ4v) is 5.74. The number of rotatable bonds is 2. The van der Waals surface area contributed by atoms with Crippen LogP contribution in [0.3, 0.4) is 0 Å². The maximum Gasteiger partial charge on any atom is 0.333 e. The van der Waals surface area contributed by atoms with Gasteiger partial charge in [0, 0.05) is 19.7 Å². The summed E-state index contributed by atoms with van der Waals surface area (Å²) in [6.45, 7) is 4.11. The number of aryl methyl sites for hydroxylation is 2. The Kier molecular flexibility index (Phi) is 4.53. The second kappa shape index (κ2) is 7.41. The number of nitrogens with zero attached hydrogens (tertiary/aromatic N) is 4. The fraction of sp³-hybridized carbons (Fsp3) is 0.148. The number of imidazole rings is 1. The summed E-state index contributed by atoms with van der Waals surface area (Å²) in [5, 5.41) is 13.2. The largest absolute Gasteiger partial charge is 0.494 e. The highest BCUT2D eigenvalue weighted by atomic mass is 32.1. The van der Waals surface area contributed by atoms with Crippen LogP contribution in [0.5, 0.6) is 5.88 Å². The molecule has 3 aromatic heterocycles. The van der Waals surface area contributed by atoms with E-state index >= 15 is 0 Å². The number of thiazole rings is 1. The Morgan fingerprint density at radius 1 is 0.886 bits per heavy atom. The number of benzene rings is 3. The molecule has 0 aliphatic rings. The summed E-state index contributed by atoms with van der Waals surface area (Å²) in [5.41, 5.74) is 3.93. The van der Waals surface area contributed by atoms with Crippen LogP contribution < -0.4 is 11.2 Å². The van der Waals surface area contributed by atoms with Gasteiger partial charge in [0.05, 0.1) is 21.6 Å². The monoisotopic (exact) mass is 482 g/mol. The predicted molar refractivity (Wildman–Crippen MR) is 141 cm³/mol. The van der Waals surface area contributed by atoms with E-state index in [0.717, 1.165) is 41.3 Å². The number of fused-ring (bicyclic) bond motifs is 4. The number of hydrogen-bond donors (Lipinski definition) is 1. The summed E-state index contributed by atoms with van der Waals surface area (Å²) in [6.07, 6.45) is 0. The molecule has 0 aliphatic heterocycles. The molecular formula is C27H22N4O3S. The van der Waals surface area contributed by atoms with Gasteiger partial charge in [-0.3, -0.25) is 18.3 Å². The molecule has 0 saturated heterocycles. The summed E-state index contributed by atoms with van der Waals surface area (Å²) in [6, 6.07) is 18.3. The second-order valence-corrected chi connectivity index (χ2v) is 9.91. The standard InChI is InChI=1S/C27H22N4O3S/c1-14-11-19-20(12-15(14)2)35-26-28-22(18-10-9-16-7-5-6-8-17(16)13-18)23(31(19)26)21-24(32)29(3)27(34)30(4)25(21)33/h5-13,32H,1-4H3. The zero-order valence-electron chi connectivity index (χ0n) is 19.7. The summed E-state index contributed by atoms with van der Waals surface area (Å²) >= 11 is 1.53. The molecule has 1 N–H and O–H groups in total. The van der Waals surface area contributed by atoms with Crippen molar-refractivity contribution >= 4 is 37.3 Å². The fourth-order valence-electron chi connectivity index (χ4n) is 4.63. The molecule has 35 heavy (non-hydrogen) atoms. The van der Waals surface area contributed by atoms with Crippen molar-refractivity contribution in [1.29, 1.82) is 0 Å². The van der Waals surface area contributed by atoms with Gasteiger partial charge in [0.1, 0.15) is 5.56 Å². The van der Waals surface area contributed by atoms with E-state index in [2.05, 4.69) is 19.1 Å². The maximum atomic E-state index is 13.4. The van der Waals surface area contributed by atoms with Crippen molar-refractivity contribution < 1.29 is 5.11 Å².